The topological polar surface area (TPSA) is 66.4 Å². The first-order valence-corrected chi connectivity index (χ1v) is 8.45. The fourth-order valence-electron chi connectivity index (χ4n) is 3.17. The van der Waals surface area contributed by atoms with Crippen molar-refractivity contribution < 1.29 is 23.5 Å². The van der Waals surface area contributed by atoms with Crippen LogP contribution in [0.5, 0.6) is 0 Å². The van der Waals surface area contributed by atoms with Crippen LogP contribution in [0.4, 0.5) is 8.78 Å². The number of halogens is 2. The lowest BCUT2D eigenvalue weighted by Crippen LogP contribution is -2.35. The van der Waals surface area contributed by atoms with Crippen molar-refractivity contribution in [2.24, 2.45) is 11.8 Å². The quantitative estimate of drug-likeness (QED) is 0.798. The summed E-state index contributed by atoms with van der Waals surface area (Å²) in [5, 5.41) is 12.0. The summed E-state index contributed by atoms with van der Waals surface area (Å²) in [5.41, 5.74) is 0.804. The molecule has 0 heterocycles. The van der Waals surface area contributed by atoms with Crippen molar-refractivity contribution in [2.75, 3.05) is 6.54 Å². The Labute approximate surface area is 149 Å². The predicted octanol–water partition coefficient (Wildman–Crippen LogP) is 3.13. The monoisotopic (exact) mass is 359 g/mol. The van der Waals surface area contributed by atoms with E-state index in [1.807, 2.05) is 30.3 Å². The van der Waals surface area contributed by atoms with Crippen LogP contribution >= 0.6 is 0 Å². The molecule has 0 aromatic heterocycles. The third-order valence-corrected chi connectivity index (χ3v) is 4.69. The molecule has 6 heteroatoms. The van der Waals surface area contributed by atoms with E-state index in [-0.39, 0.29) is 18.0 Å². The molecule has 1 fully saturated rings. The number of nitrogens with one attached hydrogen (secondary N) is 1. The molecule has 0 saturated heterocycles. The third-order valence-electron chi connectivity index (χ3n) is 4.69. The first-order valence-electron chi connectivity index (χ1n) is 8.45. The highest BCUT2D eigenvalue weighted by Gasteiger charge is 2.46. The number of carbonyl (C=O) groups excluding carboxylic acids is 1. The molecular weight excluding hydrogens is 340 g/mol. The average Bonchev–Trinajstić information content (AvgIpc) is 3.39. The minimum atomic E-state index is -0.998. The van der Waals surface area contributed by atoms with Crippen molar-refractivity contribution in [2.45, 2.75) is 18.8 Å². The van der Waals surface area contributed by atoms with Crippen LogP contribution in [0.1, 0.15) is 23.5 Å². The molecule has 4 nitrogen and oxygen atoms in total. The molecular formula is C20H19F2NO3. The van der Waals surface area contributed by atoms with Gasteiger partial charge in [0.05, 0.1) is 5.92 Å². The van der Waals surface area contributed by atoms with E-state index in [0.29, 0.717) is 12.8 Å². The first-order chi connectivity index (χ1) is 12.5. The minimum absolute atomic E-state index is 0.0218. The summed E-state index contributed by atoms with van der Waals surface area (Å²) in [4.78, 5) is 23.7. The van der Waals surface area contributed by atoms with Crippen LogP contribution in [0.25, 0.3) is 0 Å². The van der Waals surface area contributed by atoms with E-state index >= 15 is 0 Å². The summed E-state index contributed by atoms with van der Waals surface area (Å²) >= 11 is 0. The molecule has 1 aliphatic carbocycles. The van der Waals surface area contributed by atoms with Crippen molar-refractivity contribution in [1.29, 1.82) is 0 Å². The molecule has 3 atom stereocenters. The van der Waals surface area contributed by atoms with Crippen LogP contribution < -0.4 is 5.32 Å². The Morgan fingerprint density at radius 2 is 1.73 bits per heavy atom. The second-order valence-corrected chi connectivity index (χ2v) is 6.55. The van der Waals surface area contributed by atoms with Crippen molar-refractivity contribution in [3.8, 4) is 0 Å². The van der Waals surface area contributed by atoms with Gasteiger partial charge in [-0.25, -0.2) is 8.78 Å². The Morgan fingerprint density at radius 1 is 1.08 bits per heavy atom. The van der Waals surface area contributed by atoms with Crippen LogP contribution in [0.3, 0.4) is 0 Å². The van der Waals surface area contributed by atoms with Gasteiger partial charge in [0.15, 0.2) is 0 Å². The highest BCUT2D eigenvalue weighted by atomic mass is 19.1. The summed E-state index contributed by atoms with van der Waals surface area (Å²) in [5.74, 6) is -4.45. The molecule has 1 aliphatic rings. The van der Waals surface area contributed by atoms with E-state index in [4.69, 9.17) is 0 Å². The molecule has 0 aliphatic heterocycles. The lowest BCUT2D eigenvalue weighted by atomic mass is 9.99. The molecule has 136 valence electrons. The predicted molar refractivity (Wildman–Crippen MR) is 91.5 cm³/mol. The molecule has 3 unspecified atom stereocenters. The van der Waals surface area contributed by atoms with Gasteiger partial charge >= 0.3 is 5.97 Å². The zero-order valence-corrected chi connectivity index (χ0v) is 14.0. The van der Waals surface area contributed by atoms with E-state index in [0.717, 1.165) is 5.56 Å². The average molecular weight is 359 g/mol. The molecule has 2 N–H and O–H groups in total. The van der Waals surface area contributed by atoms with Gasteiger partial charge in [0.2, 0.25) is 5.91 Å². The molecule has 26 heavy (non-hydrogen) atoms. The van der Waals surface area contributed by atoms with Crippen molar-refractivity contribution in [3.63, 3.8) is 0 Å². The Morgan fingerprint density at radius 3 is 2.35 bits per heavy atom. The number of amides is 1. The van der Waals surface area contributed by atoms with Gasteiger partial charge < -0.3 is 10.4 Å². The molecule has 2 aromatic rings. The van der Waals surface area contributed by atoms with Crippen molar-refractivity contribution in [1.82, 2.24) is 5.32 Å². The molecule has 0 bridgehead atoms. The zero-order valence-electron chi connectivity index (χ0n) is 14.0. The highest BCUT2D eigenvalue weighted by molar-refractivity contribution is 5.83. The summed E-state index contributed by atoms with van der Waals surface area (Å²) < 4.78 is 27.6. The van der Waals surface area contributed by atoms with Crippen LogP contribution in [-0.2, 0) is 16.0 Å². The normalized spacial score (nSPS) is 19.6. The number of benzene rings is 2. The second kappa shape index (κ2) is 7.64. The zero-order chi connectivity index (χ0) is 18.7. The number of hydrogen-bond acceptors (Lipinski definition) is 2. The number of carboxylic acids is 1. The molecule has 2 aromatic carbocycles. The Kier molecular flexibility index (Phi) is 5.30. The summed E-state index contributed by atoms with van der Waals surface area (Å²) in [6.07, 6.45) is 0.659. The summed E-state index contributed by atoms with van der Waals surface area (Å²) in [6.45, 7) is -0.0218. The largest absolute Gasteiger partial charge is 0.481 e. The van der Waals surface area contributed by atoms with Gasteiger partial charge in [-0.3, -0.25) is 9.59 Å². The van der Waals surface area contributed by atoms with Gasteiger partial charge in [0.25, 0.3) is 0 Å². The van der Waals surface area contributed by atoms with E-state index in [1.54, 1.807) is 0 Å². The van der Waals surface area contributed by atoms with Crippen molar-refractivity contribution in [3.05, 3.63) is 71.3 Å². The summed E-state index contributed by atoms with van der Waals surface area (Å²) in [6, 6.07) is 12.8. The first kappa shape index (κ1) is 18.0. The van der Waals surface area contributed by atoms with E-state index in [9.17, 15) is 23.5 Å². The Bertz CT molecular complexity index is 790. The van der Waals surface area contributed by atoms with Gasteiger partial charge in [-0.2, -0.15) is 0 Å². The van der Waals surface area contributed by atoms with Gasteiger partial charge in [-0.15, -0.1) is 0 Å². The standard InChI is InChI=1S/C20H19F2NO3/c21-16-7-4-8-17(22)18(16)14-10-15(14)19(24)23-11-13(20(25)26)9-12-5-2-1-3-6-12/h1-8,13-15H,9-11H2,(H,23,24)(H,25,26). The molecule has 0 spiro atoms. The fraction of sp³-hybridized carbons (Fsp3) is 0.300. The Hall–Kier alpha value is -2.76. The second-order valence-electron chi connectivity index (χ2n) is 6.55. The maximum Gasteiger partial charge on any atom is 0.308 e. The SMILES string of the molecule is O=C(O)C(CNC(=O)C1CC1c1c(F)cccc1F)Cc1ccccc1. The lowest BCUT2D eigenvalue weighted by Gasteiger charge is -2.14. The number of aliphatic carboxylic acids is 1. The van der Waals surface area contributed by atoms with Gasteiger partial charge in [0.1, 0.15) is 11.6 Å². The molecule has 1 amide bonds. The smallest absolute Gasteiger partial charge is 0.308 e. The molecule has 1 saturated carbocycles. The van der Waals surface area contributed by atoms with Crippen molar-refractivity contribution >= 4 is 11.9 Å². The maximum atomic E-state index is 13.8. The minimum Gasteiger partial charge on any atom is -0.481 e. The van der Waals surface area contributed by atoms with Gasteiger partial charge in [-0.05, 0) is 30.5 Å². The molecule has 3 rings (SSSR count). The van der Waals surface area contributed by atoms with E-state index in [2.05, 4.69) is 5.32 Å². The third kappa shape index (κ3) is 4.07. The van der Waals surface area contributed by atoms with Crippen LogP contribution in [0.2, 0.25) is 0 Å². The van der Waals surface area contributed by atoms with Crippen LogP contribution in [0, 0.1) is 23.5 Å². The fourth-order valence-corrected chi connectivity index (χ4v) is 3.17. The van der Waals surface area contributed by atoms with Gasteiger partial charge in [-0.1, -0.05) is 36.4 Å². The molecule has 0 radical (unpaired) electrons. The van der Waals surface area contributed by atoms with Gasteiger partial charge in [0, 0.05) is 23.9 Å². The Balaban J connectivity index is 1.57. The van der Waals surface area contributed by atoms with E-state index < -0.39 is 35.4 Å². The van der Waals surface area contributed by atoms with E-state index in [1.165, 1.54) is 18.2 Å². The van der Waals surface area contributed by atoms with Crippen LogP contribution in [0.15, 0.2) is 48.5 Å². The summed E-state index contributed by atoms with van der Waals surface area (Å²) in [7, 11) is 0. The van der Waals surface area contributed by atoms with Crippen LogP contribution in [-0.4, -0.2) is 23.5 Å². The maximum absolute atomic E-state index is 13.8. The number of carboxylic acid groups (broad SMARTS) is 1. The number of hydrogen-bond donors (Lipinski definition) is 2. The number of rotatable bonds is 7. The number of carbonyl (C=O) groups is 2. The lowest BCUT2D eigenvalue weighted by molar-refractivity contribution is -0.141. The highest BCUT2D eigenvalue weighted by Crippen LogP contribution is 2.49.